The number of aromatic nitrogens is 4. The average Bonchev–Trinajstić information content (AvgIpc) is 3.24. The summed E-state index contributed by atoms with van der Waals surface area (Å²) >= 11 is 0. The molecule has 5 heteroatoms. The second-order valence-electron chi connectivity index (χ2n) is 7.26. The first-order valence-electron chi connectivity index (χ1n) is 11.7. The van der Waals surface area contributed by atoms with Crippen LogP contribution in [0.25, 0.3) is 49.8 Å². The molecule has 6 rings (SSSR count). The topological polar surface area (TPSA) is 69.6 Å². The number of hydrogen-bond acceptors (Lipinski definition) is 4. The minimum Gasteiger partial charge on any atom is -0.399 e. The van der Waals surface area contributed by atoms with E-state index >= 15 is 0 Å². The third kappa shape index (κ3) is 3.97. The highest BCUT2D eigenvalue weighted by molar-refractivity contribution is 6.08. The standard InChI is InChI=1S/C25H17N5.2C2H6/c26-17-7-10-23-21(15-17)20-3-1-13-29-25(20)30(23)18-8-5-16(6-9-18)19-11-14-27-22-4-2-12-28-24(19)22;2*1-2/h1-15H,26H2;2*1-2H3. The molecular formula is C29H29N5. The number of rotatable bonds is 2. The molecule has 0 saturated heterocycles. The minimum atomic E-state index is 0.748. The Labute approximate surface area is 199 Å². The highest BCUT2D eigenvalue weighted by atomic mass is 15.0. The van der Waals surface area contributed by atoms with E-state index in [1.807, 2.05) is 76.5 Å². The van der Waals surface area contributed by atoms with Crippen molar-refractivity contribution in [2.45, 2.75) is 27.7 Å². The van der Waals surface area contributed by atoms with Crippen molar-refractivity contribution in [1.29, 1.82) is 0 Å². The highest BCUT2D eigenvalue weighted by Gasteiger charge is 2.13. The number of benzene rings is 2. The van der Waals surface area contributed by atoms with Gasteiger partial charge in [0.15, 0.2) is 0 Å². The molecular weight excluding hydrogens is 418 g/mol. The molecule has 2 aromatic carbocycles. The highest BCUT2D eigenvalue weighted by Crippen LogP contribution is 2.33. The van der Waals surface area contributed by atoms with E-state index in [0.29, 0.717) is 0 Å². The van der Waals surface area contributed by atoms with E-state index in [1.165, 1.54) is 0 Å². The summed E-state index contributed by atoms with van der Waals surface area (Å²) in [5.74, 6) is 0. The summed E-state index contributed by atoms with van der Waals surface area (Å²) in [6.45, 7) is 8.00. The predicted molar refractivity (Wildman–Crippen MR) is 144 cm³/mol. The molecule has 0 bridgehead atoms. The Balaban J connectivity index is 0.000000652. The zero-order chi connectivity index (χ0) is 24.1. The quantitative estimate of drug-likeness (QED) is 0.280. The van der Waals surface area contributed by atoms with Crippen LogP contribution in [0.15, 0.2) is 91.4 Å². The van der Waals surface area contributed by atoms with E-state index in [1.54, 1.807) is 6.20 Å². The molecule has 0 fully saturated rings. The molecule has 0 aliphatic carbocycles. The molecule has 0 spiro atoms. The largest absolute Gasteiger partial charge is 0.399 e. The maximum Gasteiger partial charge on any atom is 0.145 e. The Kier molecular flexibility index (Phi) is 6.83. The fourth-order valence-corrected chi connectivity index (χ4v) is 4.13. The van der Waals surface area contributed by atoms with Gasteiger partial charge in [-0.05, 0) is 66.2 Å². The van der Waals surface area contributed by atoms with Crippen molar-refractivity contribution in [2.24, 2.45) is 0 Å². The van der Waals surface area contributed by atoms with Crippen LogP contribution in [0.3, 0.4) is 0 Å². The van der Waals surface area contributed by atoms with Gasteiger partial charge in [0.05, 0.1) is 16.6 Å². The molecule has 4 aromatic heterocycles. The van der Waals surface area contributed by atoms with Gasteiger partial charge in [-0.1, -0.05) is 39.8 Å². The minimum absolute atomic E-state index is 0.748. The van der Waals surface area contributed by atoms with Crippen LogP contribution in [0.2, 0.25) is 0 Å². The van der Waals surface area contributed by atoms with Crippen molar-refractivity contribution in [3.05, 3.63) is 91.4 Å². The lowest BCUT2D eigenvalue weighted by Crippen LogP contribution is -1.95. The van der Waals surface area contributed by atoms with Gasteiger partial charge in [0.1, 0.15) is 5.65 Å². The molecule has 2 N–H and O–H groups in total. The normalized spacial score (nSPS) is 10.5. The summed E-state index contributed by atoms with van der Waals surface area (Å²) in [7, 11) is 0. The smallest absolute Gasteiger partial charge is 0.145 e. The third-order valence-electron chi connectivity index (χ3n) is 5.48. The third-order valence-corrected chi connectivity index (χ3v) is 5.48. The summed E-state index contributed by atoms with van der Waals surface area (Å²) in [5, 5.41) is 2.19. The molecule has 5 nitrogen and oxygen atoms in total. The van der Waals surface area contributed by atoms with Crippen LogP contribution < -0.4 is 5.73 Å². The second-order valence-corrected chi connectivity index (χ2v) is 7.26. The molecule has 34 heavy (non-hydrogen) atoms. The molecule has 0 saturated carbocycles. The van der Waals surface area contributed by atoms with Gasteiger partial charge in [0.25, 0.3) is 0 Å². The van der Waals surface area contributed by atoms with Crippen molar-refractivity contribution >= 4 is 38.7 Å². The maximum absolute atomic E-state index is 6.05. The molecule has 6 aromatic rings. The van der Waals surface area contributed by atoms with Crippen LogP contribution in [-0.4, -0.2) is 19.5 Å². The lowest BCUT2D eigenvalue weighted by Gasteiger charge is -2.10. The fourth-order valence-electron chi connectivity index (χ4n) is 4.13. The second kappa shape index (κ2) is 10.1. The average molecular weight is 448 g/mol. The van der Waals surface area contributed by atoms with Crippen LogP contribution in [0.1, 0.15) is 27.7 Å². The monoisotopic (exact) mass is 447 g/mol. The van der Waals surface area contributed by atoms with E-state index in [0.717, 1.165) is 55.5 Å². The summed E-state index contributed by atoms with van der Waals surface area (Å²) in [6.07, 6.45) is 5.45. The van der Waals surface area contributed by atoms with E-state index in [-0.39, 0.29) is 0 Å². The molecule has 0 radical (unpaired) electrons. The summed E-state index contributed by atoms with van der Waals surface area (Å²) < 4.78 is 2.18. The van der Waals surface area contributed by atoms with Gasteiger partial charge in [-0.3, -0.25) is 14.5 Å². The van der Waals surface area contributed by atoms with Gasteiger partial charge >= 0.3 is 0 Å². The first-order valence-corrected chi connectivity index (χ1v) is 11.7. The fraction of sp³-hybridized carbons (Fsp3) is 0.138. The molecule has 0 amide bonds. The maximum atomic E-state index is 6.05. The van der Waals surface area contributed by atoms with Crippen molar-refractivity contribution < 1.29 is 0 Å². The van der Waals surface area contributed by atoms with E-state index in [9.17, 15) is 0 Å². The molecule has 4 heterocycles. The molecule has 0 aliphatic heterocycles. The van der Waals surface area contributed by atoms with Crippen LogP contribution in [0.5, 0.6) is 0 Å². The van der Waals surface area contributed by atoms with Crippen molar-refractivity contribution in [2.75, 3.05) is 5.73 Å². The Hall–Kier alpha value is -4.25. The molecule has 0 atom stereocenters. The van der Waals surface area contributed by atoms with E-state index in [2.05, 4.69) is 55.9 Å². The Morgan fingerprint density at radius 3 is 2.21 bits per heavy atom. The molecule has 0 aliphatic rings. The van der Waals surface area contributed by atoms with Crippen LogP contribution in [-0.2, 0) is 0 Å². The van der Waals surface area contributed by atoms with Crippen LogP contribution in [0.4, 0.5) is 5.69 Å². The van der Waals surface area contributed by atoms with E-state index < -0.39 is 0 Å². The Morgan fingerprint density at radius 1 is 0.676 bits per heavy atom. The number of hydrogen-bond donors (Lipinski definition) is 1. The number of nitrogen functional groups attached to an aromatic ring is 1. The number of nitrogens with zero attached hydrogens (tertiary/aromatic N) is 4. The van der Waals surface area contributed by atoms with Gasteiger partial charge < -0.3 is 5.73 Å². The lowest BCUT2D eigenvalue weighted by molar-refractivity contribution is 1.14. The first-order chi connectivity index (χ1) is 16.8. The SMILES string of the molecule is CC.CC.Nc1ccc2c(c1)c1cccnc1n2-c1ccc(-c2ccnc3cccnc23)cc1. The number of nitrogens with two attached hydrogens (primary N) is 1. The number of pyridine rings is 3. The Bertz CT molecular complexity index is 1540. The van der Waals surface area contributed by atoms with Crippen LogP contribution in [0, 0.1) is 0 Å². The summed E-state index contributed by atoms with van der Waals surface area (Å²) in [4.78, 5) is 13.6. The lowest BCUT2D eigenvalue weighted by atomic mass is 10.0. The van der Waals surface area contributed by atoms with Crippen molar-refractivity contribution in [3.8, 4) is 16.8 Å². The van der Waals surface area contributed by atoms with E-state index in [4.69, 9.17) is 5.73 Å². The van der Waals surface area contributed by atoms with Gasteiger partial charge in [-0.2, -0.15) is 0 Å². The summed E-state index contributed by atoms with van der Waals surface area (Å²) in [5.41, 5.74) is 13.8. The summed E-state index contributed by atoms with van der Waals surface area (Å²) in [6, 6.07) is 24.4. The number of anilines is 1. The molecule has 0 unspecified atom stereocenters. The van der Waals surface area contributed by atoms with Gasteiger partial charge in [-0.25, -0.2) is 4.98 Å². The van der Waals surface area contributed by atoms with Gasteiger partial charge in [0, 0.05) is 46.3 Å². The van der Waals surface area contributed by atoms with Gasteiger partial charge in [-0.15, -0.1) is 0 Å². The molecule has 170 valence electrons. The first kappa shape index (κ1) is 22.9. The predicted octanol–water partition coefficient (Wildman–Crippen LogP) is 7.42. The zero-order valence-electron chi connectivity index (χ0n) is 20.0. The Morgan fingerprint density at radius 2 is 1.41 bits per heavy atom. The van der Waals surface area contributed by atoms with Crippen molar-refractivity contribution in [1.82, 2.24) is 19.5 Å². The number of fused-ring (bicyclic) bond motifs is 4. The van der Waals surface area contributed by atoms with Crippen molar-refractivity contribution in [3.63, 3.8) is 0 Å². The van der Waals surface area contributed by atoms with Gasteiger partial charge in [0.2, 0.25) is 0 Å². The zero-order valence-corrected chi connectivity index (χ0v) is 20.0. The van der Waals surface area contributed by atoms with Crippen LogP contribution >= 0.6 is 0 Å².